The molecule has 2 aliphatic rings. The maximum Gasteiger partial charge on any atom is 0.410 e. The Balaban J connectivity index is 1.20. The molecule has 0 radical (unpaired) electrons. The van der Waals surface area contributed by atoms with Gasteiger partial charge in [-0.3, -0.25) is 4.79 Å². The van der Waals surface area contributed by atoms with E-state index < -0.39 is 5.60 Å². The Bertz CT molecular complexity index is 1190. The first-order chi connectivity index (χ1) is 17.0. The van der Waals surface area contributed by atoms with Crippen molar-refractivity contribution in [2.45, 2.75) is 44.8 Å². The molecule has 2 aliphatic heterocycles. The Morgan fingerprint density at radius 3 is 2.69 bits per heavy atom. The van der Waals surface area contributed by atoms with Gasteiger partial charge in [0.2, 0.25) is 0 Å². The summed E-state index contributed by atoms with van der Waals surface area (Å²) in [6.07, 6.45) is 6.58. The topological polar surface area (TPSA) is 67.7 Å². The number of aromatic nitrogens is 2. The maximum atomic E-state index is 13.4. The van der Waals surface area contributed by atoms with E-state index in [0.717, 1.165) is 30.7 Å². The molecule has 2 saturated heterocycles. The summed E-state index contributed by atoms with van der Waals surface area (Å²) in [5.41, 5.74) is 2.49. The summed E-state index contributed by atoms with van der Waals surface area (Å²) in [4.78, 5) is 34.0. The van der Waals surface area contributed by atoms with Crippen LogP contribution in [0.25, 0.3) is 0 Å². The number of imidazole rings is 1. The van der Waals surface area contributed by atoms with Gasteiger partial charge in [0, 0.05) is 50.6 Å². The highest BCUT2D eigenvalue weighted by Crippen LogP contribution is 2.33. The number of nitrogens with zero attached hydrogens (tertiary/aromatic N) is 4. The van der Waals surface area contributed by atoms with Gasteiger partial charge in [0.05, 0.1) is 6.54 Å². The number of carbonyl (C=O) groups excluding carboxylic acids is 2. The Morgan fingerprint density at radius 1 is 1.06 bits per heavy atom. The number of benzene rings is 2. The second kappa shape index (κ2) is 9.94. The third-order valence-corrected chi connectivity index (χ3v) is 7.19. The number of hydrogen-bond donors (Lipinski definition) is 0. The molecule has 3 heterocycles. The molecular weight excluding hydrogens is 440 g/mol. The van der Waals surface area contributed by atoms with Crippen molar-refractivity contribution in [1.29, 1.82) is 0 Å². The van der Waals surface area contributed by atoms with E-state index in [9.17, 15) is 9.59 Å². The van der Waals surface area contributed by atoms with Crippen molar-refractivity contribution in [1.82, 2.24) is 19.4 Å². The molecule has 0 N–H and O–H groups in total. The van der Waals surface area contributed by atoms with Crippen LogP contribution in [0.5, 0.6) is 0 Å². The van der Waals surface area contributed by atoms with Gasteiger partial charge in [-0.05, 0) is 49.4 Å². The van der Waals surface area contributed by atoms with Crippen LogP contribution in [0.3, 0.4) is 0 Å². The molecule has 35 heavy (non-hydrogen) atoms. The van der Waals surface area contributed by atoms with E-state index in [2.05, 4.69) is 21.7 Å². The molecule has 0 bridgehead atoms. The second-order valence-corrected chi connectivity index (χ2v) is 9.66. The van der Waals surface area contributed by atoms with E-state index in [-0.39, 0.29) is 12.0 Å². The fraction of sp³-hybridized carbons (Fsp3) is 0.393. The largest absolute Gasteiger partial charge is 0.441 e. The molecule has 2 fully saturated rings. The molecule has 1 aromatic heterocycles. The van der Waals surface area contributed by atoms with Crippen LogP contribution in [-0.4, -0.2) is 63.1 Å². The summed E-state index contributed by atoms with van der Waals surface area (Å²) in [5.74, 6) is 0.986. The highest BCUT2D eigenvalue weighted by molar-refractivity contribution is 5.94. The average Bonchev–Trinajstić information content (AvgIpc) is 3.34. The van der Waals surface area contributed by atoms with E-state index in [1.807, 2.05) is 65.4 Å². The minimum Gasteiger partial charge on any atom is -0.441 e. The Kier molecular flexibility index (Phi) is 6.57. The van der Waals surface area contributed by atoms with Gasteiger partial charge < -0.3 is 19.1 Å². The summed E-state index contributed by atoms with van der Waals surface area (Å²) >= 11 is 0. The first kappa shape index (κ1) is 23.1. The minimum absolute atomic E-state index is 0.0384. The summed E-state index contributed by atoms with van der Waals surface area (Å²) in [5, 5.41) is 0. The Labute approximate surface area is 206 Å². The molecule has 3 aromatic rings. The third-order valence-electron chi connectivity index (χ3n) is 7.19. The normalized spacial score (nSPS) is 20.2. The number of likely N-dealkylation sites (tertiary alicyclic amines) is 1. The molecular formula is C28H32N4O3. The van der Waals surface area contributed by atoms with Gasteiger partial charge in [0.1, 0.15) is 11.4 Å². The zero-order valence-electron chi connectivity index (χ0n) is 20.2. The SMILES string of the molecule is Cc1nccn1Cc1cccc(C(=O)N2CCC[C@]3(CC2)CN(CCc2ccccc2)C(=O)O3)c1. The zero-order valence-corrected chi connectivity index (χ0v) is 20.2. The van der Waals surface area contributed by atoms with Crippen LogP contribution in [0, 0.1) is 6.92 Å². The van der Waals surface area contributed by atoms with E-state index in [4.69, 9.17) is 4.74 Å². The average molecular weight is 473 g/mol. The van der Waals surface area contributed by atoms with Crippen LogP contribution in [0.4, 0.5) is 4.79 Å². The molecule has 0 unspecified atom stereocenters. The first-order valence-electron chi connectivity index (χ1n) is 12.4. The molecule has 7 nitrogen and oxygen atoms in total. The van der Waals surface area contributed by atoms with E-state index in [0.29, 0.717) is 44.7 Å². The minimum atomic E-state index is -0.496. The molecule has 182 valence electrons. The molecule has 5 rings (SSSR count). The number of hydrogen-bond acceptors (Lipinski definition) is 4. The molecule has 7 heteroatoms. The molecule has 2 aromatic carbocycles. The van der Waals surface area contributed by atoms with Crippen LogP contribution in [0.1, 0.15) is 46.6 Å². The van der Waals surface area contributed by atoms with Crippen molar-refractivity contribution < 1.29 is 14.3 Å². The number of ether oxygens (including phenoxy) is 1. The van der Waals surface area contributed by atoms with Gasteiger partial charge in [-0.25, -0.2) is 9.78 Å². The number of rotatable bonds is 6. The monoisotopic (exact) mass is 472 g/mol. The van der Waals surface area contributed by atoms with Crippen molar-refractivity contribution in [3.63, 3.8) is 0 Å². The van der Waals surface area contributed by atoms with E-state index >= 15 is 0 Å². The molecule has 1 atom stereocenters. The van der Waals surface area contributed by atoms with Crippen molar-refractivity contribution in [3.8, 4) is 0 Å². The van der Waals surface area contributed by atoms with Crippen molar-refractivity contribution in [2.24, 2.45) is 0 Å². The lowest BCUT2D eigenvalue weighted by Gasteiger charge is -2.25. The van der Waals surface area contributed by atoms with E-state index in [1.165, 1.54) is 5.56 Å². The third kappa shape index (κ3) is 5.24. The Hall–Kier alpha value is -3.61. The van der Waals surface area contributed by atoms with Crippen LogP contribution < -0.4 is 0 Å². The molecule has 1 spiro atoms. The quantitative estimate of drug-likeness (QED) is 0.537. The number of carbonyl (C=O) groups is 2. The standard InChI is InChI=1S/C28H32N4O3/c1-22-29-14-18-31(22)20-24-9-5-10-25(19-24)26(33)30-15-6-12-28(13-17-30)21-32(27(34)35-28)16-11-23-7-3-2-4-8-23/h2-5,7-10,14,18-19H,6,11-13,15-17,20-21H2,1H3/t28-/m0/s1. The number of aryl methyl sites for hydroxylation is 1. The predicted molar refractivity (Wildman–Crippen MR) is 133 cm³/mol. The zero-order chi connectivity index (χ0) is 24.3. The van der Waals surface area contributed by atoms with Gasteiger partial charge in [0.15, 0.2) is 0 Å². The first-order valence-corrected chi connectivity index (χ1v) is 12.4. The second-order valence-electron chi connectivity index (χ2n) is 9.66. The lowest BCUT2D eigenvalue weighted by Crippen LogP contribution is -2.37. The van der Waals surface area contributed by atoms with Crippen LogP contribution in [0.2, 0.25) is 0 Å². The van der Waals surface area contributed by atoms with Gasteiger partial charge in [-0.1, -0.05) is 42.5 Å². The van der Waals surface area contributed by atoms with Crippen molar-refractivity contribution in [2.75, 3.05) is 26.2 Å². The van der Waals surface area contributed by atoms with Gasteiger partial charge in [-0.15, -0.1) is 0 Å². The summed E-state index contributed by atoms with van der Waals surface area (Å²) in [6, 6.07) is 18.0. The highest BCUT2D eigenvalue weighted by Gasteiger charge is 2.45. The molecule has 0 aliphatic carbocycles. The summed E-state index contributed by atoms with van der Waals surface area (Å²) in [7, 11) is 0. The predicted octanol–water partition coefficient (Wildman–Crippen LogP) is 4.30. The Morgan fingerprint density at radius 2 is 1.89 bits per heavy atom. The lowest BCUT2D eigenvalue weighted by atomic mass is 9.95. The maximum absolute atomic E-state index is 13.4. The van der Waals surface area contributed by atoms with E-state index in [1.54, 1.807) is 6.20 Å². The van der Waals surface area contributed by atoms with Gasteiger partial charge in [-0.2, -0.15) is 0 Å². The highest BCUT2D eigenvalue weighted by atomic mass is 16.6. The fourth-order valence-corrected chi connectivity index (χ4v) is 5.16. The molecule has 2 amide bonds. The van der Waals surface area contributed by atoms with Crippen LogP contribution in [0.15, 0.2) is 67.0 Å². The lowest BCUT2D eigenvalue weighted by molar-refractivity contribution is 0.0438. The van der Waals surface area contributed by atoms with Crippen molar-refractivity contribution in [3.05, 3.63) is 89.5 Å². The van der Waals surface area contributed by atoms with Crippen LogP contribution in [-0.2, 0) is 17.7 Å². The van der Waals surface area contributed by atoms with Gasteiger partial charge >= 0.3 is 6.09 Å². The van der Waals surface area contributed by atoms with Gasteiger partial charge in [0.25, 0.3) is 5.91 Å². The summed E-state index contributed by atoms with van der Waals surface area (Å²) in [6.45, 7) is 5.17. The molecule has 0 saturated carbocycles. The summed E-state index contributed by atoms with van der Waals surface area (Å²) < 4.78 is 8.00. The van der Waals surface area contributed by atoms with Crippen LogP contribution >= 0.6 is 0 Å². The smallest absolute Gasteiger partial charge is 0.410 e. The van der Waals surface area contributed by atoms with Crippen molar-refractivity contribution >= 4 is 12.0 Å². The number of amides is 2. The fourth-order valence-electron chi connectivity index (χ4n) is 5.16.